The van der Waals surface area contributed by atoms with Crippen molar-refractivity contribution in [1.82, 2.24) is 5.32 Å². The van der Waals surface area contributed by atoms with Gasteiger partial charge in [0.2, 0.25) is 0 Å². The maximum absolute atomic E-state index is 13.5. The smallest absolute Gasteiger partial charge is 0.323 e. The van der Waals surface area contributed by atoms with Crippen LogP contribution in [0.2, 0.25) is 0 Å². The Labute approximate surface area is 216 Å². The SMILES string of the molecule is CC1CCN(c2ccc(NC(=O)Nc3ccc([N+](=O)[O-])cc3)cc2C(=O)N[C@H](C)c2ccccc2)CC1. The van der Waals surface area contributed by atoms with Gasteiger partial charge in [-0.2, -0.15) is 0 Å². The third-order valence-corrected chi connectivity index (χ3v) is 6.61. The van der Waals surface area contributed by atoms with Crippen molar-refractivity contribution in [2.45, 2.75) is 32.7 Å². The second-order valence-electron chi connectivity index (χ2n) is 9.39. The van der Waals surface area contributed by atoms with Crippen LogP contribution in [-0.4, -0.2) is 30.0 Å². The predicted molar refractivity (Wildman–Crippen MR) is 145 cm³/mol. The average molecular weight is 502 g/mol. The van der Waals surface area contributed by atoms with Crippen molar-refractivity contribution in [3.8, 4) is 0 Å². The van der Waals surface area contributed by atoms with Crippen LogP contribution < -0.4 is 20.9 Å². The molecule has 0 aromatic heterocycles. The summed E-state index contributed by atoms with van der Waals surface area (Å²) in [5, 5.41) is 19.3. The molecule has 0 radical (unpaired) electrons. The topological polar surface area (TPSA) is 117 Å². The van der Waals surface area contributed by atoms with Gasteiger partial charge < -0.3 is 20.9 Å². The molecule has 0 bridgehead atoms. The van der Waals surface area contributed by atoms with Crippen LogP contribution in [0.4, 0.5) is 27.5 Å². The summed E-state index contributed by atoms with van der Waals surface area (Å²) in [4.78, 5) is 38.6. The van der Waals surface area contributed by atoms with Crippen molar-refractivity contribution >= 4 is 34.7 Å². The van der Waals surface area contributed by atoms with Gasteiger partial charge in [-0.05, 0) is 61.6 Å². The number of rotatable bonds is 7. The third kappa shape index (κ3) is 6.63. The number of nitrogens with zero attached hydrogens (tertiary/aromatic N) is 2. The molecule has 3 aromatic rings. The number of anilines is 3. The second-order valence-corrected chi connectivity index (χ2v) is 9.39. The van der Waals surface area contributed by atoms with Crippen molar-refractivity contribution in [1.29, 1.82) is 0 Å². The molecule has 0 saturated carbocycles. The van der Waals surface area contributed by atoms with E-state index in [1.165, 1.54) is 24.3 Å². The van der Waals surface area contributed by atoms with Crippen LogP contribution in [0.1, 0.15) is 48.7 Å². The normalized spacial score (nSPS) is 14.5. The number of non-ortho nitro benzene ring substituents is 1. The Kier molecular flexibility index (Phi) is 8.02. The molecule has 1 atom stereocenters. The standard InChI is InChI=1S/C28H31N5O4/c1-19-14-16-32(17-15-19)26-13-10-23(31-28(35)30-22-8-11-24(12-9-22)33(36)37)18-25(26)27(34)29-20(2)21-6-4-3-5-7-21/h3-13,18-20H,14-17H2,1-2H3,(H,29,34)(H2,30,31,35)/t20-/m1/s1. The largest absolute Gasteiger partial charge is 0.371 e. The van der Waals surface area contributed by atoms with Crippen molar-refractivity contribution < 1.29 is 14.5 Å². The van der Waals surface area contributed by atoms with Gasteiger partial charge in [0.1, 0.15) is 0 Å². The molecule has 0 unspecified atom stereocenters. The Hall–Kier alpha value is -4.40. The fraction of sp³-hybridized carbons (Fsp3) is 0.286. The van der Waals surface area contributed by atoms with E-state index in [0.717, 1.165) is 37.2 Å². The molecular formula is C28H31N5O4. The van der Waals surface area contributed by atoms with E-state index >= 15 is 0 Å². The fourth-order valence-electron chi connectivity index (χ4n) is 4.38. The summed E-state index contributed by atoms with van der Waals surface area (Å²) in [6.07, 6.45) is 2.11. The number of urea groups is 1. The van der Waals surface area contributed by atoms with E-state index in [4.69, 9.17) is 0 Å². The minimum atomic E-state index is -0.516. The summed E-state index contributed by atoms with van der Waals surface area (Å²) in [6.45, 7) is 5.91. The van der Waals surface area contributed by atoms with E-state index in [1.807, 2.05) is 43.3 Å². The van der Waals surface area contributed by atoms with Crippen molar-refractivity contribution in [2.24, 2.45) is 5.92 Å². The zero-order chi connectivity index (χ0) is 26.4. The molecule has 1 fully saturated rings. The number of carbonyl (C=O) groups excluding carboxylic acids is 2. The molecule has 9 heteroatoms. The first-order valence-corrected chi connectivity index (χ1v) is 12.4. The quantitative estimate of drug-likeness (QED) is 0.273. The summed E-state index contributed by atoms with van der Waals surface area (Å²) >= 11 is 0. The molecule has 1 aliphatic rings. The van der Waals surface area contributed by atoms with Gasteiger partial charge in [-0.3, -0.25) is 14.9 Å². The van der Waals surface area contributed by atoms with E-state index in [1.54, 1.807) is 12.1 Å². The Morgan fingerprint density at radius 2 is 1.57 bits per heavy atom. The monoisotopic (exact) mass is 501 g/mol. The van der Waals surface area contributed by atoms with E-state index in [2.05, 4.69) is 27.8 Å². The molecular weight excluding hydrogens is 470 g/mol. The lowest BCUT2D eigenvalue weighted by Gasteiger charge is -2.33. The van der Waals surface area contributed by atoms with Crippen LogP contribution in [0, 0.1) is 16.0 Å². The number of nitro groups is 1. The summed E-state index contributed by atoms with van der Waals surface area (Å²) in [6, 6.07) is 19.9. The van der Waals surface area contributed by atoms with Crippen molar-refractivity contribution in [3.05, 3.63) is 94.0 Å². The number of benzene rings is 3. The molecule has 0 aliphatic carbocycles. The van der Waals surface area contributed by atoms with Gasteiger partial charge in [-0.15, -0.1) is 0 Å². The molecule has 4 rings (SSSR count). The summed E-state index contributed by atoms with van der Waals surface area (Å²) in [7, 11) is 0. The highest BCUT2D eigenvalue weighted by molar-refractivity contribution is 6.04. The first-order chi connectivity index (χ1) is 17.8. The van der Waals surface area contributed by atoms with Crippen molar-refractivity contribution in [3.63, 3.8) is 0 Å². The molecule has 3 N–H and O–H groups in total. The van der Waals surface area contributed by atoms with E-state index in [-0.39, 0.29) is 17.6 Å². The van der Waals surface area contributed by atoms with Gasteiger partial charge in [0.25, 0.3) is 11.6 Å². The van der Waals surface area contributed by atoms with Crippen LogP contribution in [0.5, 0.6) is 0 Å². The Bertz CT molecular complexity index is 1260. The van der Waals surface area contributed by atoms with Gasteiger partial charge >= 0.3 is 6.03 Å². The van der Waals surface area contributed by atoms with Crippen LogP contribution in [0.15, 0.2) is 72.8 Å². The highest BCUT2D eigenvalue weighted by Crippen LogP contribution is 2.29. The minimum absolute atomic E-state index is 0.0611. The van der Waals surface area contributed by atoms with Gasteiger partial charge in [-0.1, -0.05) is 37.3 Å². The number of nitro benzene ring substituents is 1. The Morgan fingerprint density at radius 1 is 0.946 bits per heavy atom. The van der Waals surface area contributed by atoms with Crippen LogP contribution in [0.25, 0.3) is 0 Å². The molecule has 192 valence electrons. The molecule has 37 heavy (non-hydrogen) atoms. The maximum atomic E-state index is 13.5. The van der Waals surface area contributed by atoms with Gasteiger partial charge in [-0.25, -0.2) is 4.79 Å². The number of hydrogen-bond acceptors (Lipinski definition) is 5. The molecule has 1 heterocycles. The Morgan fingerprint density at radius 3 is 2.22 bits per heavy atom. The number of amides is 3. The first kappa shape index (κ1) is 25.7. The minimum Gasteiger partial charge on any atom is -0.371 e. The van der Waals surface area contributed by atoms with Gasteiger partial charge in [0, 0.05) is 42.3 Å². The van der Waals surface area contributed by atoms with Gasteiger partial charge in [0.05, 0.1) is 16.5 Å². The third-order valence-electron chi connectivity index (χ3n) is 6.61. The van der Waals surface area contributed by atoms with Crippen molar-refractivity contribution in [2.75, 3.05) is 28.6 Å². The Balaban J connectivity index is 1.53. The molecule has 3 amide bonds. The average Bonchev–Trinajstić information content (AvgIpc) is 2.90. The molecule has 9 nitrogen and oxygen atoms in total. The highest BCUT2D eigenvalue weighted by Gasteiger charge is 2.23. The molecule has 0 spiro atoms. The van der Waals surface area contributed by atoms with Crippen LogP contribution in [0.3, 0.4) is 0 Å². The van der Waals surface area contributed by atoms with E-state index < -0.39 is 11.0 Å². The number of nitrogens with one attached hydrogen (secondary N) is 3. The summed E-state index contributed by atoms with van der Waals surface area (Å²) < 4.78 is 0. The number of piperidine rings is 1. The zero-order valence-corrected chi connectivity index (χ0v) is 20.9. The number of hydrogen-bond donors (Lipinski definition) is 3. The lowest BCUT2D eigenvalue weighted by atomic mass is 9.97. The lowest BCUT2D eigenvalue weighted by molar-refractivity contribution is -0.384. The number of carbonyl (C=O) groups is 2. The maximum Gasteiger partial charge on any atom is 0.323 e. The van der Waals surface area contributed by atoms with Gasteiger partial charge in [0.15, 0.2) is 0 Å². The predicted octanol–water partition coefficient (Wildman–Crippen LogP) is 5.97. The summed E-state index contributed by atoms with van der Waals surface area (Å²) in [5.41, 5.74) is 3.15. The summed E-state index contributed by atoms with van der Waals surface area (Å²) in [5.74, 6) is 0.431. The van der Waals surface area contributed by atoms with Crippen LogP contribution in [-0.2, 0) is 0 Å². The second kappa shape index (κ2) is 11.6. The van der Waals surface area contributed by atoms with Crippen LogP contribution >= 0.6 is 0 Å². The van der Waals surface area contributed by atoms with E-state index in [9.17, 15) is 19.7 Å². The zero-order valence-electron chi connectivity index (χ0n) is 20.9. The molecule has 3 aromatic carbocycles. The molecule has 1 saturated heterocycles. The first-order valence-electron chi connectivity index (χ1n) is 12.4. The molecule has 1 aliphatic heterocycles. The fourth-order valence-corrected chi connectivity index (χ4v) is 4.38. The lowest BCUT2D eigenvalue weighted by Crippen LogP contribution is -2.35. The van der Waals surface area contributed by atoms with E-state index in [0.29, 0.717) is 22.9 Å². The highest BCUT2D eigenvalue weighted by atomic mass is 16.6.